The Balaban J connectivity index is 1.48. The van der Waals surface area contributed by atoms with Crippen molar-refractivity contribution in [3.05, 3.63) is 56.9 Å². The van der Waals surface area contributed by atoms with Crippen molar-refractivity contribution in [1.29, 1.82) is 0 Å². The number of ether oxygens (including phenoxy) is 1. The number of fused-ring (bicyclic) bond motifs is 2. The lowest BCUT2D eigenvalue weighted by atomic mass is 9.49. The molecule has 2 aliphatic heterocycles. The van der Waals surface area contributed by atoms with Gasteiger partial charge < -0.3 is 14.9 Å². The van der Waals surface area contributed by atoms with E-state index in [2.05, 4.69) is 9.88 Å². The smallest absolute Gasteiger partial charge is 0.287 e. The van der Waals surface area contributed by atoms with Crippen LogP contribution in [0.2, 0.25) is 0 Å². The molecule has 1 aromatic heterocycles. The van der Waals surface area contributed by atoms with Crippen LogP contribution in [0.1, 0.15) is 47.8 Å². The van der Waals surface area contributed by atoms with Crippen molar-refractivity contribution in [2.75, 3.05) is 13.1 Å². The molecule has 7 rings (SSSR count). The van der Waals surface area contributed by atoms with Crippen molar-refractivity contribution in [3.63, 3.8) is 0 Å². The highest BCUT2D eigenvalue weighted by atomic mass is 16.6. The Hall–Kier alpha value is -2.71. The van der Waals surface area contributed by atoms with Gasteiger partial charge in [-0.2, -0.15) is 0 Å². The molecule has 0 radical (unpaired) electrons. The lowest BCUT2D eigenvalue weighted by molar-refractivity contribution is -0.385. The number of piperidine rings is 1. The predicted octanol–water partition coefficient (Wildman–Crippen LogP) is 2.39. The quantitative estimate of drug-likeness (QED) is 0.579. The van der Waals surface area contributed by atoms with Gasteiger partial charge in [-0.1, -0.05) is 6.07 Å². The fourth-order valence-electron chi connectivity index (χ4n) is 6.93. The standard InChI is InChI=1S/C23H23N3O5/c27-16-4-3-13-8-17-23(28)9-14-7-15(26(29)30)10-24-19(14)21-22(23,18(13)20(16)31-21)5-6-25(17)11-12-1-2-12/h3-4,7,10,12,17,21,27-28H,1-2,5-6,8-9,11H2/t17?,21?,22-,23+/m0/s1. The number of pyridine rings is 1. The molecule has 2 bridgehead atoms. The molecule has 160 valence electrons. The van der Waals surface area contributed by atoms with E-state index < -0.39 is 22.0 Å². The lowest BCUT2D eigenvalue weighted by Gasteiger charge is -2.62. The van der Waals surface area contributed by atoms with E-state index in [1.165, 1.54) is 25.1 Å². The Morgan fingerprint density at radius 2 is 2.16 bits per heavy atom. The number of rotatable bonds is 3. The molecule has 1 saturated carbocycles. The van der Waals surface area contributed by atoms with Crippen LogP contribution in [-0.2, 0) is 18.3 Å². The lowest BCUT2D eigenvalue weighted by Crippen LogP contribution is -2.74. The Morgan fingerprint density at radius 1 is 1.32 bits per heavy atom. The van der Waals surface area contributed by atoms with Crippen molar-refractivity contribution in [2.24, 2.45) is 5.92 Å². The Bertz CT molecular complexity index is 1160. The SMILES string of the molecule is O=[N+]([O-])c1cnc2c(c1)C[C@@]1(O)C3Cc4ccc(O)c5c4[C@@]1(CCN3CC1CC1)C2O5. The Kier molecular flexibility index (Phi) is 3.21. The summed E-state index contributed by atoms with van der Waals surface area (Å²) in [7, 11) is 0. The summed E-state index contributed by atoms with van der Waals surface area (Å²) in [6.45, 7) is 1.84. The minimum Gasteiger partial charge on any atom is -0.504 e. The van der Waals surface area contributed by atoms with Gasteiger partial charge in [0.15, 0.2) is 17.6 Å². The third-order valence-corrected chi connectivity index (χ3v) is 8.42. The summed E-state index contributed by atoms with van der Waals surface area (Å²) in [4.78, 5) is 17.8. The number of phenols is 1. The van der Waals surface area contributed by atoms with Crippen LogP contribution in [-0.4, -0.2) is 49.8 Å². The van der Waals surface area contributed by atoms with Crippen molar-refractivity contribution >= 4 is 5.69 Å². The molecule has 2 unspecified atom stereocenters. The summed E-state index contributed by atoms with van der Waals surface area (Å²) in [5.41, 5.74) is 1.45. The zero-order valence-corrected chi connectivity index (χ0v) is 17.0. The van der Waals surface area contributed by atoms with E-state index in [1.807, 2.05) is 6.07 Å². The van der Waals surface area contributed by atoms with Crippen LogP contribution < -0.4 is 4.74 Å². The average Bonchev–Trinajstić information content (AvgIpc) is 3.48. The topological polar surface area (TPSA) is 109 Å². The summed E-state index contributed by atoms with van der Waals surface area (Å²) in [5, 5.41) is 34.5. The molecule has 5 aliphatic rings. The first-order valence-electron chi connectivity index (χ1n) is 11.0. The molecule has 2 fully saturated rings. The second kappa shape index (κ2) is 5.55. The molecule has 31 heavy (non-hydrogen) atoms. The van der Waals surface area contributed by atoms with Crippen LogP contribution in [0.25, 0.3) is 0 Å². The van der Waals surface area contributed by atoms with Crippen LogP contribution in [0.15, 0.2) is 24.4 Å². The number of nitrogens with zero attached hydrogens (tertiary/aromatic N) is 3. The van der Waals surface area contributed by atoms with Gasteiger partial charge in [0, 0.05) is 30.6 Å². The highest BCUT2D eigenvalue weighted by Crippen LogP contribution is 2.68. The maximum absolute atomic E-state index is 12.5. The van der Waals surface area contributed by atoms with Crippen LogP contribution in [0, 0.1) is 16.0 Å². The molecular formula is C23H23N3O5. The maximum atomic E-state index is 12.5. The normalized spacial score (nSPS) is 34.6. The number of hydrogen-bond donors (Lipinski definition) is 2. The minimum atomic E-state index is -1.14. The van der Waals surface area contributed by atoms with Crippen LogP contribution in [0.4, 0.5) is 5.69 Å². The molecule has 4 atom stereocenters. The van der Waals surface area contributed by atoms with Gasteiger partial charge in [-0.15, -0.1) is 0 Å². The molecule has 8 heteroatoms. The highest BCUT2D eigenvalue weighted by Gasteiger charge is 2.72. The van der Waals surface area contributed by atoms with Crippen LogP contribution in [0.3, 0.4) is 0 Å². The molecule has 1 saturated heterocycles. The maximum Gasteiger partial charge on any atom is 0.287 e. The molecule has 1 aromatic carbocycles. The number of aliphatic hydroxyl groups is 1. The summed E-state index contributed by atoms with van der Waals surface area (Å²) in [6, 6.07) is 5.09. The third kappa shape index (κ3) is 2.05. The fourth-order valence-corrected chi connectivity index (χ4v) is 6.93. The van der Waals surface area contributed by atoms with E-state index in [0.29, 0.717) is 42.2 Å². The average molecular weight is 421 g/mol. The van der Waals surface area contributed by atoms with Gasteiger partial charge in [0.2, 0.25) is 0 Å². The van der Waals surface area contributed by atoms with Crippen molar-refractivity contribution in [3.8, 4) is 11.5 Å². The van der Waals surface area contributed by atoms with Gasteiger partial charge in [-0.25, -0.2) is 4.98 Å². The highest BCUT2D eigenvalue weighted by molar-refractivity contribution is 5.64. The number of aromatic hydroxyl groups is 1. The third-order valence-electron chi connectivity index (χ3n) is 8.42. The van der Waals surface area contributed by atoms with E-state index in [4.69, 9.17) is 4.74 Å². The Morgan fingerprint density at radius 3 is 2.94 bits per heavy atom. The van der Waals surface area contributed by atoms with Gasteiger partial charge in [0.1, 0.15) is 6.20 Å². The molecular weight excluding hydrogens is 398 g/mol. The molecule has 8 nitrogen and oxygen atoms in total. The largest absolute Gasteiger partial charge is 0.504 e. The monoisotopic (exact) mass is 421 g/mol. The second-order valence-corrected chi connectivity index (χ2v) is 9.92. The predicted molar refractivity (Wildman–Crippen MR) is 109 cm³/mol. The molecule has 3 heterocycles. The van der Waals surface area contributed by atoms with Gasteiger partial charge in [0.05, 0.1) is 21.6 Å². The first kappa shape index (κ1) is 17.9. The van der Waals surface area contributed by atoms with E-state index in [1.54, 1.807) is 6.07 Å². The molecule has 1 spiro atoms. The molecule has 2 N–H and O–H groups in total. The summed E-state index contributed by atoms with van der Waals surface area (Å²) in [6.07, 6.45) is 4.89. The number of likely N-dealkylation sites (tertiary alicyclic amines) is 1. The molecule has 3 aliphatic carbocycles. The van der Waals surface area contributed by atoms with Crippen molar-refractivity contribution in [1.82, 2.24) is 9.88 Å². The summed E-state index contributed by atoms with van der Waals surface area (Å²) >= 11 is 0. The minimum absolute atomic E-state index is 0.0758. The van der Waals surface area contributed by atoms with Crippen LogP contribution >= 0.6 is 0 Å². The van der Waals surface area contributed by atoms with Gasteiger partial charge >= 0.3 is 0 Å². The summed E-state index contributed by atoms with van der Waals surface area (Å²) in [5.74, 6) is 1.22. The molecule has 2 aromatic rings. The van der Waals surface area contributed by atoms with Gasteiger partial charge in [0.25, 0.3) is 5.69 Å². The fraction of sp³-hybridized carbons (Fsp3) is 0.522. The number of hydrogen-bond acceptors (Lipinski definition) is 7. The first-order chi connectivity index (χ1) is 14.9. The number of phenolic OH excluding ortho intramolecular Hbond substituents is 1. The number of aromatic nitrogens is 1. The second-order valence-electron chi connectivity index (χ2n) is 9.92. The van der Waals surface area contributed by atoms with E-state index in [9.17, 15) is 20.3 Å². The van der Waals surface area contributed by atoms with Crippen molar-refractivity contribution in [2.45, 2.75) is 55.3 Å². The zero-order chi connectivity index (χ0) is 21.1. The van der Waals surface area contributed by atoms with Crippen LogP contribution in [0.5, 0.6) is 11.5 Å². The number of benzene rings is 1. The molecule has 0 amide bonds. The van der Waals surface area contributed by atoms with Gasteiger partial charge in [-0.05, 0) is 55.3 Å². The number of nitro groups is 1. The Labute approximate surface area is 178 Å². The van der Waals surface area contributed by atoms with E-state index >= 15 is 0 Å². The van der Waals surface area contributed by atoms with Crippen molar-refractivity contribution < 1.29 is 19.9 Å². The van der Waals surface area contributed by atoms with E-state index in [0.717, 1.165) is 24.2 Å². The van der Waals surface area contributed by atoms with E-state index in [-0.39, 0.29) is 17.5 Å². The zero-order valence-electron chi connectivity index (χ0n) is 17.0. The first-order valence-corrected chi connectivity index (χ1v) is 11.0. The van der Waals surface area contributed by atoms with Gasteiger partial charge in [-0.3, -0.25) is 15.0 Å². The summed E-state index contributed by atoms with van der Waals surface area (Å²) < 4.78 is 6.37.